The minimum Gasteiger partial charge on any atom is -0.375 e. The number of carbonyl (C=O) groups excluding carboxylic acids is 1. The van der Waals surface area contributed by atoms with Crippen molar-refractivity contribution >= 4 is 6.03 Å². The zero-order chi connectivity index (χ0) is 16.4. The molecule has 2 saturated heterocycles. The smallest absolute Gasteiger partial charge is 0.315 e. The van der Waals surface area contributed by atoms with Crippen molar-refractivity contribution in [3.63, 3.8) is 0 Å². The van der Waals surface area contributed by atoms with Gasteiger partial charge in [-0.25, -0.2) is 4.79 Å². The van der Waals surface area contributed by atoms with Gasteiger partial charge in [-0.05, 0) is 37.2 Å². The maximum atomic E-state index is 12.1. The van der Waals surface area contributed by atoms with Gasteiger partial charge in [-0.1, -0.05) is 30.3 Å². The first kappa shape index (κ1) is 15.9. The first-order valence-electron chi connectivity index (χ1n) is 9.22. The highest BCUT2D eigenvalue weighted by Gasteiger charge is 2.42. The summed E-state index contributed by atoms with van der Waals surface area (Å²) < 4.78 is 6.01. The van der Waals surface area contributed by atoms with Gasteiger partial charge in [0.2, 0.25) is 0 Å². The van der Waals surface area contributed by atoms with Crippen LogP contribution >= 0.6 is 0 Å². The fraction of sp³-hybridized carbons (Fsp3) is 0.632. The van der Waals surface area contributed by atoms with Crippen molar-refractivity contribution in [1.82, 2.24) is 15.5 Å². The summed E-state index contributed by atoms with van der Waals surface area (Å²) in [5, 5.41) is 6.11. The first-order chi connectivity index (χ1) is 11.8. The van der Waals surface area contributed by atoms with Crippen molar-refractivity contribution in [2.45, 2.75) is 43.9 Å². The average Bonchev–Trinajstić information content (AvgIpc) is 3.36. The van der Waals surface area contributed by atoms with E-state index in [0.717, 1.165) is 38.5 Å². The Morgan fingerprint density at radius 2 is 2.04 bits per heavy atom. The Labute approximate surface area is 143 Å². The van der Waals surface area contributed by atoms with E-state index in [4.69, 9.17) is 4.74 Å². The Morgan fingerprint density at radius 3 is 2.83 bits per heavy atom. The van der Waals surface area contributed by atoms with Crippen LogP contribution in [-0.4, -0.2) is 55.4 Å². The van der Waals surface area contributed by atoms with Crippen LogP contribution in [0, 0.1) is 5.92 Å². The molecule has 0 unspecified atom stereocenters. The Morgan fingerprint density at radius 1 is 1.21 bits per heavy atom. The number of amides is 2. The van der Waals surface area contributed by atoms with E-state index in [-0.39, 0.29) is 12.1 Å². The molecule has 1 aliphatic carbocycles. The summed E-state index contributed by atoms with van der Waals surface area (Å²) in [4.78, 5) is 14.6. The van der Waals surface area contributed by atoms with Gasteiger partial charge in [0, 0.05) is 31.7 Å². The van der Waals surface area contributed by atoms with Crippen LogP contribution < -0.4 is 10.6 Å². The number of carbonyl (C=O) groups is 1. The molecule has 3 aliphatic rings. The number of nitrogens with zero attached hydrogens (tertiary/aromatic N) is 1. The number of ether oxygens (including phenoxy) is 1. The summed E-state index contributed by atoms with van der Waals surface area (Å²) in [6, 6.07) is 10.9. The van der Waals surface area contributed by atoms with Gasteiger partial charge in [-0.2, -0.15) is 0 Å². The SMILES string of the molecule is O=C(NCCc1ccccc1)N[C@@H]1C[C@H]2CO[C@@H](C3CC3)CN2C1. The molecule has 1 saturated carbocycles. The number of urea groups is 1. The standard InChI is InChI=1S/C19H27N3O2/c23-19(20-9-8-14-4-2-1-3-5-14)21-16-10-17-13-24-18(15-6-7-15)12-22(17)11-16/h1-5,15-18H,6-13H2,(H2,20,21,23)/t16-,17+,18-/m1/s1. The second kappa shape index (κ2) is 7.11. The van der Waals surface area contributed by atoms with E-state index in [1.807, 2.05) is 18.2 Å². The molecule has 0 bridgehead atoms. The third-order valence-electron chi connectivity index (χ3n) is 5.47. The van der Waals surface area contributed by atoms with E-state index in [1.54, 1.807) is 0 Å². The number of fused-ring (bicyclic) bond motifs is 1. The number of hydrogen-bond acceptors (Lipinski definition) is 3. The number of benzene rings is 1. The van der Waals surface area contributed by atoms with Crippen LogP contribution in [0.5, 0.6) is 0 Å². The van der Waals surface area contributed by atoms with E-state index in [0.29, 0.717) is 18.7 Å². The van der Waals surface area contributed by atoms with E-state index >= 15 is 0 Å². The van der Waals surface area contributed by atoms with Gasteiger partial charge in [0.05, 0.1) is 12.7 Å². The number of morpholine rings is 1. The third-order valence-corrected chi connectivity index (χ3v) is 5.47. The lowest BCUT2D eigenvalue weighted by Gasteiger charge is -2.35. The lowest BCUT2D eigenvalue weighted by Crippen LogP contribution is -2.47. The first-order valence-corrected chi connectivity index (χ1v) is 9.22. The van der Waals surface area contributed by atoms with E-state index in [9.17, 15) is 4.79 Å². The fourth-order valence-corrected chi connectivity index (χ4v) is 3.96. The van der Waals surface area contributed by atoms with Crippen molar-refractivity contribution < 1.29 is 9.53 Å². The van der Waals surface area contributed by atoms with E-state index in [2.05, 4.69) is 27.7 Å². The van der Waals surface area contributed by atoms with Crippen LogP contribution in [0.1, 0.15) is 24.8 Å². The fourth-order valence-electron chi connectivity index (χ4n) is 3.96. The van der Waals surface area contributed by atoms with Crippen LogP contribution in [0.3, 0.4) is 0 Å². The second-order valence-corrected chi connectivity index (χ2v) is 7.39. The highest BCUT2D eigenvalue weighted by molar-refractivity contribution is 5.74. The van der Waals surface area contributed by atoms with Crippen molar-refractivity contribution in [2.24, 2.45) is 5.92 Å². The molecule has 4 rings (SSSR count). The van der Waals surface area contributed by atoms with E-state index < -0.39 is 0 Å². The van der Waals surface area contributed by atoms with Crippen molar-refractivity contribution in [1.29, 1.82) is 0 Å². The Kier molecular flexibility index (Phi) is 4.72. The highest BCUT2D eigenvalue weighted by Crippen LogP contribution is 2.37. The minimum atomic E-state index is -0.0459. The van der Waals surface area contributed by atoms with E-state index in [1.165, 1.54) is 18.4 Å². The monoisotopic (exact) mass is 329 g/mol. The van der Waals surface area contributed by atoms with Gasteiger partial charge < -0.3 is 15.4 Å². The molecule has 5 heteroatoms. The molecule has 0 spiro atoms. The molecule has 24 heavy (non-hydrogen) atoms. The van der Waals surface area contributed by atoms with Gasteiger partial charge in [0.1, 0.15) is 0 Å². The Bertz CT molecular complexity index is 561. The topological polar surface area (TPSA) is 53.6 Å². The molecule has 0 radical (unpaired) electrons. The third kappa shape index (κ3) is 3.90. The lowest BCUT2D eigenvalue weighted by molar-refractivity contribution is -0.0581. The molecule has 2 N–H and O–H groups in total. The maximum Gasteiger partial charge on any atom is 0.315 e. The molecule has 2 amide bonds. The molecule has 1 aromatic rings. The molecule has 3 atom stereocenters. The largest absolute Gasteiger partial charge is 0.375 e. The number of hydrogen-bond donors (Lipinski definition) is 2. The van der Waals surface area contributed by atoms with Gasteiger partial charge >= 0.3 is 6.03 Å². The summed E-state index contributed by atoms with van der Waals surface area (Å²) in [5.74, 6) is 0.791. The van der Waals surface area contributed by atoms with Gasteiger partial charge in [0.15, 0.2) is 0 Å². The Hall–Kier alpha value is -1.59. The summed E-state index contributed by atoms with van der Waals surface area (Å²) >= 11 is 0. The predicted octanol–water partition coefficient (Wildman–Crippen LogP) is 1.78. The van der Waals surface area contributed by atoms with Crippen molar-refractivity contribution in [3.8, 4) is 0 Å². The van der Waals surface area contributed by atoms with Gasteiger partial charge in [-0.15, -0.1) is 0 Å². The minimum absolute atomic E-state index is 0.0459. The lowest BCUT2D eigenvalue weighted by atomic mass is 10.1. The molecule has 0 aromatic heterocycles. The van der Waals surface area contributed by atoms with Crippen LogP contribution in [-0.2, 0) is 11.2 Å². The summed E-state index contributed by atoms with van der Waals surface area (Å²) in [7, 11) is 0. The maximum absolute atomic E-state index is 12.1. The van der Waals surface area contributed by atoms with Crippen molar-refractivity contribution in [2.75, 3.05) is 26.2 Å². The summed E-state index contributed by atoms with van der Waals surface area (Å²) in [5.41, 5.74) is 1.25. The van der Waals surface area contributed by atoms with Crippen LogP contribution in [0.4, 0.5) is 4.79 Å². The van der Waals surface area contributed by atoms with Gasteiger partial charge in [0.25, 0.3) is 0 Å². The summed E-state index contributed by atoms with van der Waals surface area (Å²) in [6.45, 7) is 3.50. The zero-order valence-electron chi connectivity index (χ0n) is 14.1. The van der Waals surface area contributed by atoms with Crippen LogP contribution in [0.15, 0.2) is 30.3 Å². The highest BCUT2D eigenvalue weighted by atomic mass is 16.5. The number of nitrogens with one attached hydrogen (secondary N) is 2. The molecule has 2 heterocycles. The van der Waals surface area contributed by atoms with Crippen LogP contribution in [0.2, 0.25) is 0 Å². The molecule has 2 aliphatic heterocycles. The molecular weight excluding hydrogens is 302 g/mol. The zero-order valence-corrected chi connectivity index (χ0v) is 14.1. The number of rotatable bonds is 5. The Balaban J connectivity index is 1.18. The second-order valence-electron chi connectivity index (χ2n) is 7.39. The molecule has 1 aromatic carbocycles. The quantitative estimate of drug-likeness (QED) is 0.866. The average molecular weight is 329 g/mol. The van der Waals surface area contributed by atoms with Crippen LogP contribution in [0.25, 0.3) is 0 Å². The molecule has 3 fully saturated rings. The molecular formula is C19H27N3O2. The molecule has 5 nitrogen and oxygen atoms in total. The predicted molar refractivity (Wildman–Crippen MR) is 92.9 cm³/mol. The normalized spacial score (nSPS) is 29.9. The van der Waals surface area contributed by atoms with Gasteiger partial charge in [-0.3, -0.25) is 4.90 Å². The molecule has 130 valence electrons. The summed E-state index contributed by atoms with van der Waals surface area (Å²) in [6.07, 6.45) is 4.96. The van der Waals surface area contributed by atoms with Crippen molar-refractivity contribution in [3.05, 3.63) is 35.9 Å².